The lowest BCUT2D eigenvalue weighted by atomic mass is 9.33. The molecule has 0 spiro atoms. The zero-order valence-corrected chi connectivity index (χ0v) is 26.4. The monoisotopic (exact) mass is 556 g/mol. The van der Waals surface area contributed by atoms with Gasteiger partial charge in [-0.05, 0) is 105 Å². The Bertz CT molecular complexity index is 1120. The average molecular weight is 557 g/mol. The van der Waals surface area contributed by atoms with Crippen molar-refractivity contribution in [1.29, 1.82) is 0 Å². The summed E-state index contributed by atoms with van der Waals surface area (Å²) < 4.78 is 16.6. The van der Waals surface area contributed by atoms with Gasteiger partial charge in [0.2, 0.25) is 0 Å². The minimum Gasteiger partial charge on any atom is -0.469 e. The van der Waals surface area contributed by atoms with E-state index in [-0.39, 0.29) is 51.6 Å². The van der Waals surface area contributed by atoms with Gasteiger partial charge in [-0.15, -0.1) is 0 Å². The van der Waals surface area contributed by atoms with Crippen LogP contribution in [0.3, 0.4) is 0 Å². The number of carbonyl (C=O) groups excluding carboxylic acids is 3. The lowest BCUT2D eigenvalue weighted by Crippen LogP contribution is -2.65. The van der Waals surface area contributed by atoms with Crippen molar-refractivity contribution < 1.29 is 28.6 Å². The first kappa shape index (κ1) is 29.6. The summed E-state index contributed by atoms with van der Waals surface area (Å²) in [7, 11) is 2.99. The second-order valence-corrected chi connectivity index (χ2v) is 15.7. The second-order valence-electron chi connectivity index (χ2n) is 15.7. The SMILES string of the molecule is COC(=O)[C@@]1(C)CC[C@]2(C(=O)OC)CC[C@]3(C)C(=CC[C@@H]4[C@@]5(C)CC[C@H](OC(C)=O)C(C)(C)[C@@H]5CC[C@]43C)[C@H]2C1. The number of carbonyl (C=O) groups is 3. The number of hydrogen-bond donors (Lipinski definition) is 0. The third kappa shape index (κ3) is 3.75. The van der Waals surface area contributed by atoms with E-state index in [0.29, 0.717) is 31.1 Å². The number of esters is 3. The highest BCUT2D eigenvalue weighted by Crippen LogP contribution is 2.76. The van der Waals surface area contributed by atoms with Crippen LogP contribution in [0.25, 0.3) is 0 Å². The van der Waals surface area contributed by atoms with Gasteiger partial charge in [-0.2, -0.15) is 0 Å². The van der Waals surface area contributed by atoms with Gasteiger partial charge in [-0.1, -0.05) is 46.3 Å². The van der Waals surface area contributed by atoms with Crippen molar-refractivity contribution in [1.82, 2.24) is 0 Å². The molecule has 0 bridgehead atoms. The summed E-state index contributed by atoms with van der Waals surface area (Å²) in [6.45, 7) is 15.7. The molecule has 0 heterocycles. The summed E-state index contributed by atoms with van der Waals surface area (Å²) >= 11 is 0. The minimum atomic E-state index is -0.601. The summed E-state index contributed by atoms with van der Waals surface area (Å²) in [6.07, 6.45) is 11.4. The highest BCUT2D eigenvalue weighted by atomic mass is 16.5. The average Bonchev–Trinajstić information content (AvgIpc) is 2.89. The molecule has 6 nitrogen and oxygen atoms in total. The van der Waals surface area contributed by atoms with Gasteiger partial charge in [0.25, 0.3) is 0 Å². The van der Waals surface area contributed by atoms with Crippen LogP contribution in [0.1, 0.15) is 113 Å². The lowest BCUT2D eigenvalue weighted by Gasteiger charge is -2.71. The molecule has 40 heavy (non-hydrogen) atoms. The first-order valence-corrected chi connectivity index (χ1v) is 15.6. The summed E-state index contributed by atoms with van der Waals surface area (Å²) in [5.41, 5.74) is 0.308. The maximum Gasteiger partial charge on any atom is 0.312 e. The first-order valence-electron chi connectivity index (χ1n) is 15.6. The van der Waals surface area contributed by atoms with Crippen LogP contribution in [0.15, 0.2) is 11.6 Å². The molecule has 0 aromatic rings. The minimum absolute atomic E-state index is 0.0176. The van der Waals surface area contributed by atoms with Crippen LogP contribution >= 0.6 is 0 Å². The molecule has 4 fully saturated rings. The van der Waals surface area contributed by atoms with Crippen molar-refractivity contribution in [3.05, 3.63) is 11.6 Å². The molecule has 0 aliphatic heterocycles. The van der Waals surface area contributed by atoms with Gasteiger partial charge in [-0.3, -0.25) is 14.4 Å². The summed E-state index contributed by atoms with van der Waals surface area (Å²) in [6, 6.07) is 0. The number of allylic oxidation sites excluding steroid dienone is 2. The number of fused-ring (bicyclic) bond motifs is 7. The van der Waals surface area contributed by atoms with E-state index in [4.69, 9.17) is 14.2 Å². The summed E-state index contributed by atoms with van der Waals surface area (Å²) in [4.78, 5) is 38.5. The molecular weight excluding hydrogens is 504 g/mol. The molecule has 0 unspecified atom stereocenters. The Labute approximate surface area is 241 Å². The Hall–Kier alpha value is -1.85. The molecule has 224 valence electrons. The van der Waals surface area contributed by atoms with Crippen LogP contribution in [-0.2, 0) is 28.6 Å². The van der Waals surface area contributed by atoms with E-state index < -0.39 is 10.8 Å². The lowest BCUT2D eigenvalue weighted by molar-refractivity contribution is -0.214. The van der Waals surface area contributed by atoms with Gasteiger partial charge < -0.3 is 14.2 Å². The van der Waals surface area contributed by atoms with Crippen molar-refractivity contribution in [2.45, 2.75) is 119 Å². The largest absolute Gasteiger partial charge is 0.469 e. The summed E-state index contributed by atoms with van der Waals surface area (Å²) in [5, 5.41) is 0. The van der Waals surface area contributed by atoms with Gasteiger partial charge in [-0.25, -0.2) is 0 Å². The van der Waals surface area contributed by atoms with E-state index >= 15 is 0 Å². The van der Waals surface area contributed by atoms with Crippen LogP contribution in [-0.4, -0.2) is 38.2 Å². The Morgan fingerprint density at radius 3 is 2.08 bits per heavy atom. The molecule has 5 aliphatic rings. The molecule has 5 rings (SSSR count). The highest BCUT2D eigenvalue weighted by Gasteiger charge is 2.70. The quantitative estimate of drug-likeness (QED) is 0.211. The molecule has 0 saturated heterocycles. The van der Waals surface area contributed by atoms with Crippen LogP contribution < -0.4 is 0 Å². The third-order valence-electron chi connectivity index (χ3n) is 13.9. The fraction of sp³-hybridized carbons (Fsp3) is 0.853. The summed E-state index contributed by atoms with van der Waals surface area (Å²) in [5.74, 6) is 0.509. The Kier molecular flexibility index (Phi) is 6.91. The molecule has 9 atom stereocenters. The van der Waals surface area contributed by atoms with E-state index in [9.17, 15) is 14.4 Å². The molecular formula is C34H52O6. The predicted octanol–water partition coefficient (Wildman–Crippen LogP) is 7.05. The van der Waals surface area contributed by atoms with Gasteiger partial charge >= 0.3 is 17.9 Å². The molecule has 5 aliphatic carbocycles. The van der Waals surface area contributed by atoms with Crippen LogP contribution in [0.4, 0.5) is 0 Å². The normalized spacial score (nSPS) is 47.3. The van der Waals surface area contributed by atoms with E-state index in [2.05, 4.69) is 40.7 Å². The van der Waals surface area contributed by atoms with Crippen molar-refractivity contribution in [3.63, 3.8) is 0 Å². The molecule has 0 amide bonds. The van der Waals surface area contributed by atoms with Crippen molar-refractivity contribution in [2.24, 2.45) is 50.2 Å². The first-order chi connectivity index (χ1) is 18.6. The molecule has 6 heteroatoms. The van der Waals surface area contributed by atoms with Crippen molar-refractivity contribution in [2.75, 3.05) is 14.2 Å². The predicted molar refractivity (Wildman–Crippen MR) is 153 cm³/mol. The maximum absolute atomic E-state index is 13.5. The molecule has 0 radical (unpaired) electrons. The topological polar surface area (TPSA) is 78.9 Å². The van der Waals surface area contributed by atoms with E-state index in [1.165, 1.54) is 26.7 Å². The van der Waals surface area contributed by atoms with Crippen molar-refractivity contribution in [3.8, 4) is 0 Å². The van der Waals surface area contributed by atoms with Gasteiger partial charge in [0, 0.05) is 12.3 Å². The smallest absolute Gasteiger partial charge is 0.312 e. The van der Waals surface area contributed by atoms with E-state index in [1.807, 2.05) is 6.92 Å². The fourth-order valence-corrected chi connectivity index (χ4v) is 11.5. The third-order valence-corrected chi connectivity index (χ3v) is 13.9. The maximum atomic E-state index is 13.5. The van der Waals surface area contributed by atoms with Crippen molar-refractivity contribution >= 4 is 17.9 Å². The zero-order valence-electron chi connectivity index (χ0n) is 26.4. The van der Waals surface area contributed by atoms with Gasteiger partial charge in [0.05, 0.1) is 25.0 Å². The number of rotatable bonds is 3. The Balaban J connectivity index is 1.56. The van der Waals surface area contributed by atoms with Crippen LogP contribution in [0.5, 0.6) is 0 Å². The van der Waals surface area contributed by atoms with Crippen LogP contribution in [0.2, 0.25) is 0 Å². The zero-order chi connectivity index (χ0) is 29.5. The molecule has 4 saturated carbocycles. The standard InChI is InChI=1S/C34H52O6/c1-21(35)40-26-13-14-31(5)24(29(26,2)3)12-15-33(7)25(31)11-10-22-23-20-30(4,27(36)38-8)16-18-34(23,28(37)39-9)19-17-32(22,33)6/h10,23-26H,11-20H2,1-9H3/t23-,24+,25-,26+,30+,31+,32-,33-,34+/m1/s1. The van der Waals surface area contributed by atoms with Crippen LogP contribution in [0, 0.1) is 50.2 Å². The molecule has 0 N–H and O–H groups in total. The molecule has 0 aromatic carbocycles. The number of hydrogen-bond acceptors (Lipinski definition) is 6. The Morgan fingerprint density at radius 2 is 1.45 bits per heavy atom. The number of methoxy groups -OCH3 is 2. The van der Waals surface area contributed by atoms with E-state index in [1.54, 1.807) is 0 Å². The highest BCUT2D eigenvalue weighted by molar-refractivity contribution is 5.81. The van der Waals surface area contributed by atoms with Gasteiger partial charge in [0.15, 0.2) is 0 Å². The van der Waals surface area contributed by atoms with Gasteiger partial charge in [0.1, 0.15) is 6.10 Å². The Morgan fingerprint density at radius 1 is 0.800 bits per heavy atom. The fourth-order valence-electron chi connectivity index (χ4n) is 11.5. The number of ether oxygens (including phenoxy) is 3. The van der Waals surface area contributed by atoms with E-state index in [0.717, 1.165) is 44.9 Å². The molecule has 0 aromatic heterocycles. The second kappa shape index (κ2) is 9.33.